The first-order valence-electron chi connectivity index (χ1n) is 8.82. The van der Waals surface area contributed by atoms with Gasteiger partial charge in [-0.3, -0.25) is 4.90 Å². The molecule has 1 aliphatic rings. The Morgan fingerprint density at radius 2 is 1.88 bits per heavy atom. The molecule has 3 heteroatoms. The Bertz CT molecular complexity index is 692. The van der Waals surface area contributed by atoms with Gasteiger partial charge < -0.3 is 5.32 Å². The minimum atomic E-state index is -0.00898. The van der Waals surface area contributed by atoms with Gasteiger partial charge in [-0.15, -0.1) is 0 Å². The third-order valence-electron chi connectivity index (χ3n) is 5.15. The highest BCUT2D eigenvalue weighted by atomic mass is 16.2. The van der Waals surface area contributed by atoms with Crippen LogP contribution in [0.5, 0.6) is 0 Å². The Hall–Kier alpha value is -2.29. The fourth-order valence-corrected chi connectivity index (χ4v) is 3.54. The second kappa shape index (κ2) is 7.08. The maximum Gasteiger partial charge on any atom is 0.321 e. The van der Waals surface area contributed by atoms with Crippen molar-refractivity contribution in [1.29, 1.82) is 0 Å². The third kappa shape index (κ3) is 3.30. The minimum absolute atomic E-state index is 0.00898. The van der Waals surface area contributed by atoms with Gasteiger partial charge in [0.05, 0.1) is 0 Å². The van der Waals surface area contributed by atoms with Gasteiger partial charge in [0.25, 0.3) is 0 Å². The first-order valence-corrected chi connectivity index (χ1v) is 8.82. The third-order valence-corrected chi connectivity index (χ3v) is 5.15. The summed E-state index contributed by atoms with van der Waals surface area (Å²) in [5, 5.41) is 3.18. The molecule has 0 bridgehead atoms. The fraction of sp³-hybridized carbons (Fsp3) is 0.381. The quantitative estimate of drug-likeness (QED) is 0.853. The molecule has 0 aliphatic heterocycles. The fourth-order valence-electron chi connectivity index (χ4n) is 3.54. The first-order chi connectivity index (χ1) is 11.6. The Kier molecular flexibility index (Phi) is 4.89. The number of carbonyl (C=O) groups excluding carboxylic acids is 1. The SMILES string of the molecule is CCN(C(=O)NCC1(c2ccccc2)CCC1)c1cccc(C)c1. The number of carbonyl (C=O) groups is 1. The molecule has 2 amide bonds. The number of nitrogens with zero attached hydrogens (tertiary/aromatic N) is 1. The lowest BCUT2D eigenvalue weighted by Crippen LogP contribution is -2.49. The van der Waals surface area contributed by atoms with E-state index in [1.807, 2.05) is 43.0 Å². The summed E-state index contributed by atoms with van der Waals surface area (Å²) in [4.78, 5) is 14.5. The number of rotatable bonds is 5. The summed E-state index contributed by atoms with van der Waals surface area (Å²) in [6.45, 7) is 5.43. The maximum absolute atomic E-state index is 12.7. The summed E-state index contributed by atoms with van der Waals surface area (Å²) >= 11 is 0. The second-order valence-electron chi connectivity index (χ2n) is 6.74. The molecular weight excluding hydrogens is 296 g/mol. The molecule has 0 saturated heterocycles. The molecule has 126 valence electrons. The zero-order chi connectivity index (χ0) is 17.0. The van der Waals surface area contributed by atoms with Crippen molar-refractivity contribution in [2.75, 3.05) is 18.0 Å². The highest BCUT2D eigenvalue weighted by Crippen LogP contribution is 2.43. The summed E-state index contributed by atoms with van der Waals surface area (Å²) in [5.74, 6) is 0. The van der Waals surface area contributed by atoms with E-state index >= 15 is 0 Å². The van der Waals surface area contributed by atoms with Crippen LogP contribution in [0.4, 0.5) is 10.5 Å². The highest BCUT2D eigenvalue weighted by molar-refractivity contribution is 5.92. The second-order valence-corrected chi connectivity index (χ2v) is 6.74. The maximum atomic E-state index is 12.7. The zero-order valence-corrected chi connectivity index (χ0v) is 14.6. The van der Waals surface area contributed by atoms with Gasteiger partial charge in [0.1, 0.15) is 0 Å². The molecule has 1 saturated carbocycles. The van der Waals surface area contributed by atoms with Crippen molar-refractivity contribution in [2.24, 2.45) is 0 Å². The topological polar surface area (TPSA) is 32.3 Å². The number of nitrogens with one attached hydrogen (secondary N) is 1. The molecule has 0 aromatic heterocycles. The van der Waals surface area contributed by atoms with Crippen LogP contribution in [0.15, 0.2) is 54.6 Å². The average Bonchev–Trinajstić information content (AvgIpc) is 2.56. The lowest BCUT2D eigenvalue weighted by Gasteiger charge is -2.43. The standard InChI is InChI=1S/C21H26N2O/c1-3-23(19-12-7-9-17(2)15-19)20(24)22-16-21(13-8-14-21)18-10-5-4-6-11-18/h4-7,9-12,15H,3,8,13-14,16H2,1-2H3,(H,22,24). The molecule has 0 unspecified atom stereocenters. The zero-order valence-electron chi connectivity index (χ0n) is 14.6. The first kappa shape index (κ1) is 16.6. The smallest absolute Gasteiger partial charge is 0.321 e. The number of aryl methyl sites for hydroxylation is 1. The van der Waals surface area contributed by atoms with E-state index in [4.69, 9.17) is 0 Å². The van der Waals surface area contributed by atoms with Crippen molar-refractivity contribution >= 4 is 11.7 Å². The molecule has 24 heavy (non-hydrogen) atoms. The molecular formula is C21H26N2O. The molecule has 0 spiro atoms. The van der Waals surface area contributed by atoms with E-state index in [0.717, 1.165) is 18.5 Å². The van der Waals surface area contributed by atoms with E-state index in [9.17, 15) is 4.79 Å². The Balaban J connectivity index is 1.70. The monoisotopic (exact) mass is 322 g/mol. The molecule has 2 aromatic carbocycles. The predicted octanol–water partition coefficient (Wildman–Crippen LogP) is 4.65. The van der Waals surface area contributed by atoms with Gasteiger partial charge in [0, 0.05) is 24.2 Å². The molecule has 1 N–H and O–H groups in total. The molecule has 0 radical (unpaired) electrons. The average molecular weight is 322 g/mol. The molecule has 0 heterocycles. The summed E-state index contributed by atoms with van der Waals surface area (Å²) in [7, 11) is 0. The van der Waals surface area contributed by atoms with Crippen LogP contribution >= 0.6 is 0 Å². The number of hydrogen-bond donors (Lipinski definition) is 1. The van der Waals surface area contributed by atoms with Gasteiger partial charge in [-0.1, -0.05) is 48.9 Å². The Labute approximate surface area is 144 Å². The minimum Gasteiger partial charge on any atom is -0.337 e. The van der Waals surface area contributed by atoms with Crippen molar-refractivity contribution in [2.45, 2.75) is 38.5 Å². The van der Waals surface area contributed by atoms with Crippen molar-refractivity contribution in [3.05, 3.63) is 65.7 Å². The van der Waals surface area contributed by atoms with Crippen LogP contribution in [-0.2, 0) is 5.41 Å². The number of amides is 2. The van der Waals surface area contributed by atoms with Crippen LogP contribution in [0.1, 0.15) is 37.3 Å². The van der Waals surface area contributed by atoms with Gasteiger partial charge in [-0.2, -0.15) is 0 Å². The molecule has 1 fully saturated rings. The van der Waals surface area contributed by atoms with Crippen LogP contribution in [0.2, 0.25) is 0 Å². The van der Waals surface area contributed by atoms with Crippen molar-refractivity contribution in [3.63, 3.8) is 0 Å². The van der Waals surface area contributed by atoms with E-state index in [2.05, 4.69) is 35.6 Å². The van der Waals surface area contributed by atoms with Crippen LogP contribution in [0.3, 0.4) is 0 Å². The van der Waals surface area contributed by atoms with E-state index in [-0.39, 0.29) is 11.4 Å². The van der Waals surface area contributed by atoms with Crippen molar-refractivity contribution in [1.82, 2.24) is 5.32 Å². The van der Waals surface area contributed by atoms with Crippen LogP contribution in [-0.4, -0.2) is 19.1 Å². The van der Waals surface area contributed by atoms with Gasteiger partial charge in [0.2, 0.25) is 0 Å². The van der Waals surface area contributed by atoms with E-state index in [0.29, 0.717) is 13.1 Å². The molecule has 3 nitrogen and oxygen atoms in total. The van der Waals surface area contributed by atoms with E-state index in [1.54, 1.807) is 0 Å². The number of anilines is 1. The molecule has 3 rings (SSSR count). The van der Waals surface area contributed by atoms with Gasteiger partial charge in [-0.05, 0) is 49.9 Å². The van der Waals surface area contributed by atoms with Crippen LogP contribution < -0.4 is 10.2 Å². The molecule has 1 aliphatic carbocycles. The predicted molar refractivity (Wildman–Crippen MR) is 99.6 cm³/mol. The summed E-state index contributed by atoms with van der Waals surface area (Å²) in [6, 6.07) is 18.7. The van der Waals surface area contributed by atoms with Gasteiger partial charge >= 0.3 is 6.03 Å². The number of hydrogen-bond acceptors (Lipinski definition) is 1. The highest BCUT2D eigenvalue weighted by Gasteiger charge is 2.39. The Morgan fingerprint density at radius 3 is 2.46 bits per heavy atom. The summed E-state index contributed by atoms with van der Waals surface area (Å²) in [6.07, 6.45) is 3.53. The van der Waals surface area contributed by atoms with E-state index < -0.39 is 0 Å². The van der Waals surface area contributed by atoms with Crippen LogP contribution in [0.25, 0.3) is 0 Å². The normalized spacial score (nSPS) is 15.4. The summed E-state index contributed by atoms with van der Waals surface area (Å²) < 4.78 is 0. The van der Waals surface area contributed by atoms with Gasteiger partial charge in [0.15, 0.2) is 0 Å². The molecule has 2 aromatic rings. The summed E-state index contributed by atoms with van der Waals surface area (Å²) in [5.41, 5.74) is 3.58. The lowest BCUT2D eigenvalue weighted by molar-refractivity contribution is 0.218. The van der Waals surface area contributed by atoms with Gasteiger partial charge in [-0.25, -0.2) is 4.79 Å². The lowest BCUT2D eigenvalue weighted by atomic mass is 9.64. The largest absolute Gasteiger partial charge is 0.337 e. The number of urea groups is 1. The van der Waals surface area contributed by atoms with Crippen molar-refractivity contribution < 1.29 is 4.79 Å². The van der Waals surface area contributed by atoms with Crippen LogP contribution in [0, 0.1) is 6.92 Å². The van der Waals surface area contributed by atoms with Crippen molar-refractivity contribution in [3.8, 4) is 0 Å². The number of benzene rings is 2. The van der Waals surface area contributed by atoms with E-state index in [1.165, 1.54) is 17.5 Å². The molecule has 0 atom stereocenters. The Morgan fingerprint density at radius 1 is 1.12 bits per heavy atom.